The fourth-order valence-corrected chi connectivity index (χ4v) is 0.808. The summed E-state index contributed by atoms with van der Waals surface area (Å²) in [5.74, 6) is 0.115. The summed E-state index contributed by atoms with van der Waals surface area (Å²) in [6, 6.07) is 0. The highest BCUT2D eigenvalue weighted by molar-refractivity contribution is 5.41. The van der Waals surface area contributed by atoms with Crippen LogP contribution in [-0.2, 0) is 0 Å². The summed E-state index contributed by atoms with van der Waals surface area (Å²) in [7, 11) is 0. The molecule has 11 heavy (non-hydrogen) atoms. The van der Waals surface area contributed by atoms with Gasteiger partial charge in [-0.05, 0) is 12.2 Å². The van der Waals surface area contributed by atoms with E-state index in [1.54, 1.807) is 12.2 Å². The molecule has 0 heterocycles. The minimum Gasteiger partial charge on any atom is -0.494 e. The Balaban J connectivity index is 2.50. The van der Waals surface area contributed by atoms with Crippen molar-refractivity contribution in [3.8, 4) is 0 Å². The molecule has 0 aliphatic heterocycles. The number of hydrogen-bond donors (Lipinski definition) is 3. The standard InChI is InChI=1S/C8H11NO2/c10-6-5-9-8(11)7-3-1-2-4-7/h1-4,9-11H,5-6H2. The van der Waals surface area contributed by atoms with Crippen molar-refractivity contribution < 1.29 is 10.2 Å². The van der Waals surface area contributed by atoms with E-state index in [0.717, 1.165) is 5.57 Å². The Morgan fingerprint density at radius 3 is 2.55 bits per heavy atom. The predicted molar refractivity (Wildman–Crippen MR) is 43.0 cm³/mol. The van der Waals surface area contributed by atoms with Crippen LogP contribution >= 0.6 is 0 Å². The van der Waals surface area contributed by atoms with Crippen LogP contribution in [0, 0.1) is 0 Å². The van der Waals surface area contributed by atoms with Crippen LogP contribution in [0.25, 0.3) is 0 Å². The van der Waals surface area contributed by atoms with Gasteiger partial charge in [0.15, 0.2) is 5.88 Å². The van der Waals surface area contributed by atoms with E-state index in [1.807, 2.05) is 12.2 Å². The molecule has 0 saturated carbocycles. The lowest BCUT2D eigenvalue weighted by atomic mass is 10.3. The molecule has 0 unspecified atom stereocenters. The van der Waals surface area contributed by atoms with E-state index in [9.17, 15) is 5.11 Å². The van der Waals surface area contributed by atoms with Gasteiger partial charge in [0.1, 0.15) is 0 Å². The van der Waals surface area contributed by atoms with Crippen LogP contribution in [0.15, 0.2) is 35.8 Å². The van der Waals surface area contributed by atoms with Crippen molar-refractivity contribution in [3.05, 3.63) is 35.8 Å². The molecule has 1 aliphatic carbocycles. The van der Waals surface area contributed by atoms with E-state index in [-0.39, 0.29) is 12.5 Å². The molecule has 3 nitrogen and oxygen atoms in total. The Kier molecular flexibility index (Phi) is 2.74. The third-order valence-corrected chi connectivity index (χ3v) is 1.34. The zero-order valence-electron chi connectivity index (χ0n) is 6.12. The van der Waals surface area contributed by atoms with Crippen LogP contribution in [0.3, 0.4) is 0 Å². The molecule has 0 aromatic heterocycles. The SMILES string of the molecule is OCCNC(O)=C1C=CC=C1. The number of rotatable bonds is 3. The average Bonchev–Trinajstić information content (AvgIpc) is 2.52. The first-order valence-electron chi connectivity index (χ1n) is 3.47. The molecule has 0 aromatic rings. The van der Waals surface area contributed by atoms with Gasteiger partial charge in [0.05, 0.1) is 6.61 Å². The average molecular weight is 153 g/mol. The van der Waals surface area contributed by atoms with Crippen molar-refractivity contribution in [1.82, 2.24) is 5.32 Å². The summed E-state index contributed by atoms with van der Waals surface area (Å²) < 4.78 is 0. The van der Waals surface area contributed by atoms with Gasteiger partial charge in [0.25, 0.3) is 0 Å². The van der Waals surface area contributed by atoms with Gasteiger partial charge in [-0.3, -0.25) is 0 Å². The van der Waals surface area contributed by atoms with E-state index in [2.05, 4.69) is 5.32 Å². The lowest BCUT2D eigenvalue weighted by Crippen LogP contribution is -2.18. The highest BCUT2D eigenvalue weighted by Crippen LogP contribution is 2.08. The molecule has 0 spiro atoms. The van der Waals surface area contributed by atoms with Crippen LogP contribution < -0.4 is 5.32 Å². The lowest BCUT2D eigenvalue weighted by Gasteiger charge is -2.03. The quantitative estimate of drug-likeness (QED) is 0.516. The topological polar surface area (TPSA) is 52.5 Å². The molecular weight excluding hydrogens is 142 g/mol. The normalized spacial score (nSPS) is 14.1. The van der Waals surface area contributed by atoms with Crippen molar-refractivity contribution in [2.75, 3.05) is 13.2 Å². The Labute approximate surface area is 65.4 Å². The number of allylic oxidation sites excluding steroid dienone is 5. The van der Waals surface area contributed by atoms with Crippen molar-refractivity contribution in [3.63, 3.8) is 0 Å². The highest BCUT2D eigenvalue weighted by atomic mass is 16.3. The molecular formula is C8H11NO2. The van der Waals surface area contributed by atoms with E-state index in [4.69, 9.17) is 5.11 Å². The van der Waals surface area contributed by atoms with Gasteiger partial charge >= 0.3 is 0 Å². The first-order chi connectivity index (χ1) is 5.34. The van der Waals surface area contributed by atoms with Gasteiger partial charge in [0, 0.05) is 12.1 Å². The minimum atomic E-state index is 0.0186. The summed E-state index contributed by atoms with van der Waals surface area (Å²) >= 11 is 0. The van der Waals surface area contributed by atoms with Crippen LogP contribution in [-0.4, -0.2) is 23.4 Å². The zero-order chi connectivity index (χ0) is 8.10. The van der Waals surface area contributed by atoms with Gasteiger partial charge < -0.3 is 15.5 Å². The largest absolute Gasteiger partial charge is 0.494 e. The first-order valence-corrected chi connectivity index (χ1v) is 3.47. The van der Waals surface area contributed by atoms with Gasteiger partial charge in [-0.25, -0.2) is 0 Å². The lowest BCUT2D eigenvalue weighted by molar-refractivity contribution is 0.277. The maximum Gasteiger partial charge on any atom is 0.191 e. The molecule has 0 fully saturated rings. The Hall–Kier alpha value is -1.22. The first kappa shape index (κ1) is 7.88. The highest BCUT2D eigenvalue weighted by Gasteiger charge is 1.99. The van der Waals surface area contributed by atoms with E-state index >= 15 is 0 Å². The van der Waals surface area contributed by atoms with E-state index in [1.165, 1.54) is 0 Å². The molecule has 3 heteroatoms. The van der Waals surface area contributed by atoms with E-state index in [0.29, 0.717) is 6.54 Å². The monoisotopic (exact) mass is 153 g/mol. The van der Waals surface area contributed by atoms with E-state index < -0.39 is 0 Å². The van der Waals surface area contributed by atoms with Crippen LogP contribution in [0.1, 0.15) is 0 Å². The maximum absolute atomic E-state index is 9.23. The Morgan fingerprint density at radius 2 is 2.00 bits per heavy atom. The smallest absolute Gasteiger partial charge is 0.191 e. The maximum atomic E-state index is 9.23. The van der Waals surface area contributed by atoms with Gasteiger partial charge in [0.2, 0.25) is 0 Å². The Morgan fingerprint density at radius 1 is 1.36 bits per heavy atom. The third-order valence-electron chi connectivity index (χ3n) is 1.34. The van der Waals surface area contributed by atoms with Crippen molar-refractivity contribution >= 4 is 0 Å². The summed E-state index contributed by atoms with van der Waals surface area (Å²) in [6.07, 6.45) is 7.26. The van der Waals surface area contributed by atoms with Crippen molar-refractivity contribution in [2.24, 2.45) is 0 Å². The second-order valence-electron chi connectivity index (χ2n) is 2.17. The van der Waals surface area contributed by atoms with Crippen LogP contribution in [0.5, 0.6) is 0 Å². The van der Waals surface area contributed by atoms with Crippen LogP contribution in [0.4, 0.5) is 0 Å². The van der Waals surface area contributed by atoms with Crippen LogP contribution in [0.2, 0.25) is 0 Å². The Bertz CT molecular complexity index is 202. The summed E-state index contributed by atoms with van der Waals surface area (Å²) in [4.78, 5) is 0. The minimum absolute atomic E-state index is 0.0186. The number of aliphatic hydroxyl groups excluding tert-OH is 2. The summed E-state index contributed by atoms with van der Waals surface area (Å²) in [5, 5.41) is 20.3. The van der Waals surface area contributed by atoms with Gasteiger partial charge in [-0.2, -0.15) is 0 Å². The molecule has 0 aromatic carbocycles. The molecule has 0 radical (unpaired) electrons. The molecule has 3 N–H and O–H groups in total. The second-order valence-corrected chi connectivity index (χ2v) is 2.17. The van der Waals surface area contributed by atoms with Crippen molar-refractivity contribution in [2.45, 2.75) is 0 Å². The molecule has 0 bridgehead atoms. The number of aliphatic hydroxyl groups is 2. The summed E-state index contributed by atoms with van der Waals surface area (Å²) in [6.45, 7) is 0.391. The molecule has 60 valence electrons. The van der Waals surface area contributed by atoms with Gasteiger partial charge in [-0.15, -0.1) is 0 Å². The number of nitrogens with one attached hydrogen (secondary N) is 1. The molecule has 1 aliphatic rings. The summed E-state index contributed by atoms with van der Waals surface area (Å²) in [5.41, 5.74) is 0.749. The second kappa shape index (κ2) is 3.83. The molecule has 0 saturated heterocycles. The third kappa shape index (κ3) is 2.13. The molecule has 0 amide bonds. The van der Waals surface area contributed by atoms with Crippen molar-refractivity contribution in [1.29, 1.82) is 0 Å². The molecule has 0 atom stereocenters. The zero-order valence-corrected chi connectivity index (χ0v) is 6.12. The number of hydrogen-bond acceptors (Lipinski definition) is 3. The predicted octanol–water partition coefficient (Wildman–Crippen LogP) is 0.464. The fraction of sp³-hybridized carbons (Fsp3) is 0.250. The molecule has 1 rings (SSSR count). The fourth-order valence-electron chi connectivity index (χ4n) is 0.808. The van der Waals surface area contributed by atoms with Gasteiger partial charge in [-0.1, -0.05) is 12.2 Å².